The molecule has 5 aromatic carbocycles. The molecule has 53 heavy (non-hydrogen) atoms. The van der Waals surface area contributed by atoms with Crippen LogP contribution in [0.25, 0.3) is 16.5 Å². The predicted octanol–water partition coefficient (Wildman–Crippen LogP) is 5.09. The van der Waals surface area contributed by atoms with Crippen molar-refractivity contribution in [3.63, 3.8) is 0 Å². The summed E-state index contributed by atoms with van der Waals surface area (Å²) in [6, 6.07) is 20.8. The zero-order valence-corrected chi connectivity index (χ0v) is 28.7. The molecular weight excluding hydrogens is 756 g/mol. The molecule has 0 saturated carbocycles. The molecule has 21 heteroatoms. The summed E-state index contributed by atoms with van der Waals surface area (Å²) in [5.74, 6) is -2.29. The van der Waals surface area contributed by atoms with Gasteiger partial charge in [0, 0.05) is 35.5 Å². The third kappa shape index (κ3) is 8.93. The number of nitrogens with zero attached hydrogens (tertiary/aromatic N) is 8. The number of nitro groups is 2. The molecule has 0 aliphatic rings. The molecule has 1 aromatic heterocycles. The van der Waals surface area contributed by atoms with Crippen LogP contribution in [-0.4, -0.2) is 32.6 Å². The van der Waals surface area contributed by atoms with Crippen LogP contribution in [0.2, 0.25) is 0 Å². The van der Waals surface area contributed by atoms with E-state index in [2.05, 4.69) is 25.6 Å². The largest absolute Gasteiger partial charge is 3.00 e. The van der Waals surface area contributed by atoms with E-state index in [0.29, 0.717) is 5.39 Å². The third-order valence-electron chi connectivity index (χ3n) is 7.04. The van der Waals surface area contributed by atoms with Crippen molar-refractivity contribution < 1.29 is 63.5 Å². The zero-order valence-electron chi connectivity index (χ0n) is 28.6. The Kier molecular flexibility index (Phi) is 11.8. The topological polar surface area (TPSA) is 303 Å². The second kappa shape index (κ2) is 16.0. The summed E-state index contributed by atoms with van der Waals surface area (Å²) in [6.07, 6.45) is 0. The van der Waals surface area contributed by atoms with Gasteiger partial charge in [0.25, 0.3) is 11.4 Å². The molecule has 0 spiro atoms. The van der Waals surface area contributed by atoms with E-state index in [9.17, 15) is 53.6 Å². The molecule has 0 aliphatic heterocycles. The van der Waals surface area contributed by atoms with E-state index in [1.165, 1.54) is 25.1 Å². The standard InChI is InChI=1S/C16H13N5O7S.C16H11N3O4.Cr/c1-9-15(18-17-13-7-4-11(21(24)25)8-14(13)22)16(23)20(19-9)10-2-5-12(6-3-10)29(26,27)28;20-14-8-6-11(19(22)23)9-13(14)17-18-16-12-4-2-1-3-10(12)5-7-15(16)21;/h2-8,22-23H,1H3,(H,26,27,28);1-9,20-21H;/q;;+3/p-3. The summed E-state index contributed by atoms with van der Waals surface area (Å²) in [4.78, 5) is 19.6. The summed E-state index contributed by atoms with van der Waals surface area (Å²) in [7, 11) is -4.63. The van der Waals surface area contributed by atoms with Crippen LogP contribution in [0, 0.1) is 27.2 Å². The van der Waals surface area contributed by atoms with Crippen molar-refractivity contribution in [2.75, 3.05) is 0 Å². The Balaban J connectivity index is 0.000000368. The molecule has 0 aliphatic carbocycles. The fourth-order valence-corrected chi connectivity index (χ4v) is 4.95. The molecule has 1 heterocycles. The van der Waals surface area contributed by atoms with Crippen LogP contribution in [0.15, 0.2) is 122 Å². The van der Waals surface area contributed by atoms with Crippen molar-refractivity contribution in [1.82, 2.24) is 9.78 Å². The van der Waals surface area contributed by atoms with E-state index in [1.807, 2.05) is 12.1 Å². The van der Waals surface area contributed by atoms with E-state index in [4.69, 9.17) is 0 Å². The second-order valence-corrected chi connectivity index (χ2v) is 11.8. The van der Waals surface area contributed by atoms with Gasteiger partial charge in [0.2, 0.25) is 0 Å². The van der Waals surface area contributed by atoms with Gasteiger partial charge in [0.15, 0.2) is 0 Å². The molecule has 0 unspecified atom stereocenters. The molecule has 267 valence electrons. The number of non-ortho nitro benzene ring substituents is 2. The minimum atomic E-state index is -4.63. The molecule has 0 fully saturated rings. The Morgan fingerprint density at radius 3 is 1.91 bits per heavy atom. The first-order valence-electron chi connectivity index (χ1n) is 14.4. The van der Waals surface area contributed by atoms with Crippen molar-refractivity contribution >= 4 is 55.0 Å². The van der Waals surface area contributed by atoms with Gasteiger partial charge in [-0.3, -0.25) is 20.2 Å². The van der Waals surface area contributed by atoms with Crippen molar-refractivity contribution in [2.45, 2.75) is 11.8 Å². The van der Waals surface area contributed by atoms with Crippen LogP contribution in [0.1, 0.15) is 8.55 Å². The molecule has 0 N–H and O–H groups in total. The van der Waals surface area contributed by atoms with Crippen molar-refractivity contribution in [1.29, 1.82) is 0 Å². The smallest absolute Gasteiger partial charge is 0.871 e. The van der Waals surface area contributed by atoms with Gasteiger partial charge in [0.05, 0.1) is 43.2 Å². The average Bonchev–Trinajstić information content (AvgIpc) is 3.39. The summed E-state index contributed by atoms with van der Waals surface area (Å²) in [6.45, 7) is 1.47. The average molecular weight is 778 g/mol. The maximum Gasteiger partial charge on any atom is 3.00 e. The summed E-state index contributed by atoms with van der Waals surface area (Å²) >= 11 is 0. The number of benzene rings is 5. The van der Waals surface area contributed by atoms with Gasteiger partial charge in [-0.05, 0) is 42.6 Å². The van der Waals surface area contributed by atoms with Gasteiger partial charge >= 0.3 is 20.2 Å². The van der Waals surface area contributed by atoms with Crippen LogP contribution in [-0.2, 0) is 27.5 Å². The molecule has 1 radical (unpaired) electrons. The number of fused-ring (bicyclic) bond motifs is 1. The van der Waals surface area contributed by atoms with Crippen molar-refractivity contribution in [2.24, 2.45) is 20.5 Å². The molecule has 0 atom stereocenters. The summed E-state index contributed by atoms with van der Waals surface area (Å²) in [5.41, 5.74) is -0.777. The minimum absolute atomic E-state index is 0. The molecule has 0 amide bonds. The van der Waals surface area contributed by atoms with Crippen LogP contribution in [0.4, 0.5) is 34.1 Å². The Morgan fingerprint density at radius 2 is 1.26 bits per heavy atom. The number of nitro benzene ring substituents is 2. The van der Waals surface area contributed by atoms with E-state index in [0.717, 1.165) is 58.6 Å². The van der Waals surface area contributed by atoms with E-state index in [1.54, 1.807) is 18.2 Å². The number of aryl methyl sites for hydroxylation is 1. The maximum atomic E-state index is 12.5. The van der Waals surface area contributed by atoms with Crippen molar-refractivity contribution in [3.8, 4) is 28.8 Å². The van der Waals surface area contributed by atoms with Crippen LogP contribution >= 0.6 is 0 Å². The van der Waals surface area contributed by atoms with Crippen molar-refractivity contribution in [3.05, 3.63) is 123 Å². The number of hydrogen-bond acceptors (Lipinski definition) is 16. The Labute approximate surface area is 311 Å². The number of rotatable bonds is 8. The molecule has 0 saturated heterocycles. The Hall–Kier alpha value is -6.79. The minimum Gasteiger partial charge on any atom is -0.871 e. The van der Waals surface area contributed by atoms with Crippen LogP contribution < -0.4 is 20.4 Å². The van der Waals surface area contributed by atoms with Crippen LogP contribution in [0.5, 0.6) is 23.1 Å². The van der Waals surface area contributed by atoms with E-state index >= 15 is 0 Å². The van der Waals surface area contributed by atoms with E-state index in [-0.39, 0.29) is 65.8 Å². The van der Waals surface area contributed by atoms with E-state index < -0.39 is 47.9 Å². The number of aromatic nitrogens is 2. The predicted molar refractivity (Wildman–Crippen MR) is 175 cm³/mol. The quantitative estimate of drug-likeness (QED) is 0.0844. The van der Waals surface area contributed by atoms with Gasteiger partial charge in [-0.2, -0.15) is 20.4 Å². The number of azo groups is 2. The summed E-state index contributed by atoms with van der Waals surface area (Å²) < 4.78 is 33.9. The molecular formula is C32H21CrN8O11S. The first-order chi connectivity index (χ1) is 24.6. The third-order valence-corrected chi connectivity index (χ3v) is 7.89. The van der Waals surface area contributed by atoms with Gasteiger partial charge in [-0.15, -0.1) is 5.11 Å². The normalized spacial score (nSPS) is 11.3. The van der Waals surface area contributed by atoms with Gasteiger partial charge in [-0.25, -0.2) is 13.1 Å². The van der Waals surface area contributed by atoms with Gasteiger partial charge in [-0.1, -0.05) is 59.7 Å². The first-order valence-corrected chi connectivity index (χ1v) is 15.8. The zero-order chi connectivity index (χ0) is 37.7. The number of hydrogen-bond donors (Lipinski definition) is 0. The SMILES string of the molecule is Cc1nn(-c2ccc(S(=O)(=O)[O-])cc2)c([O-])c1N=Nc1ccc([N+](=O)[O-])cc1[O-].O=[N+]([O-])c1ccc([O-])c(N=Nc2c([O-])ccc3ccccc23)c1.[Cr+3].[H+].[H+]. The monoisotopic (exact) mass is 777 g/mol. The second-order valence-electron chi connectivity index (χ2n) is 10.5. The molecule has 0 bridgehead atoms. The van der Waals surface area contributed by atoms with Crippen LogP contribution in [0.3, 0.4) is 0 Å². The van der Waals surface area contributed by atoms with Gasteiger partial charge in [0.1, 0.15) is 15.8 Å². The fraction of sp³-hybridized carbons (Fsp3) is 0.0312. The molecule has 6 rings (SSSR count). The maximum absolute atomic E-state index is 12.5. The Morgan fingerprint density at radius 1 is 0.679 bits per heavy atom. The first kappa shape index (κ1) is 39.0. The van der Waals surface area contributed by atoms with Gasteiger partial charge < -0.3 is 25.0 Å². The Bertz CT molecular complexity index is 2540. The molecule has 19 nitrogen and oxygen atoms in total. The molecule has 6 aromatic rings. The fourth-order valence-electron chi connectivity index (χ4n) is 4.48. The summed E-state index contributed by atoms with van der Waals surface area (Å²) in [5, 5.41) is 89.8.